The average molecular weight is 256 g/mol. The molecule has 0 saturated carbocycles. The molecule has 0 aliphatic heterocycles. The standard InChI is InChI=1S/C13H18ClNO2/c1-9(2)7-11(14)8-15-13(17)10-3-5-12(16)6-4-10/h3-6,9,11,16H,7-8H2,1-2H3,(H,15,17). The van der Waals surface area contributed by atoms with E-state index in [2.05, 4.69) is 19.2 Å². The number of alkyl halides is 1. The Bertz CT molecular complexity index is 362. The van der Waals surface area contributed by atoms with Crippen molar-refractivity contribution in [2.24, 2.45) is 5.92 Å². The first kappa shape index (κ1) is 13.8. The molecule has 1 aromatic carbocycles. The summed E-state index contributed by atoms with van der Waals surface area (Å²) in [4.78, 5) is 11.7. The Labute approximate surface area is 107 Å². The van der Waals surface area contributed by atoms with Crippen LogP contribution in [-0.4, -0.2) is 22.9 Å². The van der Waals surface area contributed by atoms with E-state index >= 15 is 0 Å². The average Bonchev–Trinajstić information content (AvgIpc) is 2.26. The number of carbonyl (C=O) groups excluding carboxylic acids is 1. The maximum Gasteiger partial charge on any atom is 0.251 e. The van der Waals surface area contributed by atoms with Crippen molar-refractivity contribution in [3.63, 3.8) is 0 Å². The molecule has 0 aromatic heterocycles. The summed E-state index contributed by atoms with van der Waals surface area (Å²) in [6.45, 7) is 4.65. The zero-order chi connectivity index (χ0) is 12.8. The Hall–Kier alpha value is -1.22. The number of amides is 1. The highest BCUT2D eigenvalue weighted by atomic mass is 35.5. The third-order valence-corrected chi connectivity index (χ3v) is 2.67. The molecule has 2 N–H and O–H groups in total. The van der Waals surface area contributed by atoms with Crippen molar-refractivity contribution in [3.8, 4) is 5.75 Å². The van der Waals surface area contributed by atoms with Crippen LogP contribution in [0.3, 0.4) is 0 Å². The Balaban J connectivity index is 2.42. The summed E-state index contributed by atoms with van der Waals surface area (Å²) in [5.74, 6) is 0.499. The molecule has 0 heterocycles. The fraction of sp³-hybridized carbons (Fsp3) is 0.462. The molecule has 1 rings (SSSR count). The van der Waals surface area contributed by atoms with Crippen LogP contribution in [0.1, 0.15) is 30.6 Å². The van der Waals surface area contributed by atoms with E-state index in [1.54, 1.807) is 12.1 Å². The van der Waals surface area contributed by atoms with E-state index in [4.69, 9.17) is 16.7 Å². The Morgan fingerprint density at radius 2 is 1.94 bits per heavy atom. The maximum atomic E-state index is 11.7. The highest BCUT2D eigenvalue weighted by Crippen LogP contribution is 2.11. The Kier molecular flexibility index (Phi) is 5.29. The number of phenolic OH excluding ortho intramolecular Hbond substituents is 1. The molecule has 0 spiro atoms. The molecular weight excluding hydrogens is 238 g/mol. The van der Waals surface area contributed by atoms with Crippen molar-refractivity contribution in [1.29, 1.82) is 0 Å². The first-order valence-corrected chi connectivity index (χ1v) is 6.14. The van der Waals surface area contributed by atoms with Gasteiger partial charge in [0.25, 0.3) is 5.91 Å². The SMILES string of the molecule is CC(C)CC(Cl)CNC(=O)c1ccc(O)cc1. The predicted octanol–water partition coefficient (Wildman–Crippen LogP) is 2.78. The molecule has 0 bridgehead atoms. The normalized spacial score (nSPS) is 12.5. The van der Waals surface area contributed by atoms with Gasteiger partial charge >= 0.3 is 0 Å². The summed E-state index contributed by atoms with van der Waals surface area (Å²) in [5.41, 5.74) is 0.524. The van der Waals surface area contributed by atoms with Crippen molar-refractivity contribution >= 4 is 17.5 Å². The van der Waals surface area contributed by atoms with Gasteiger partial charge in [-0.25, -0.2) is 0 Å². The number of benzene rings is 1. The van der Waals surface area contributed by atoms with Crippen molar-refractivity contribution in [1.82, 2.24) is 5.32 Å². The summed E-state index contributed by atoms with van der Waals surface area (Å²) >= 11 is 6.08. The molecule has 94 valence electrons. The van der Waals surface area contributed by atoms with Gasteiger partial charge in [0.05, 0.1) is 5.38 Å². The zero-order valence-corrected chi connectivity index (χ0v) is 10.9. The van der Waals surface area contributed by atoms with E-state index in [1.807, 2.05) is 0 Å². The third-order valence-electron chi connectivity index (χ3n) is 2.34. The predicted molar refractivity (Wildman–Crippen MR) is 69.5 cm³/mol. The third kappa shape index (κ3) is 5.09. The molecule has 1 aromatic rings. The summed E-state index contributed by atoms with van der Waals surface area (Å²) in [7, 11) is 0. The second-order valence-electron chi connectivity index (χ2n) is 4.48. The largest absolute Gasteiger partial charge is 0.508 e. The summed E-state index contributed by atoms with van der Waals surface area (Å²) < 4.78 is 0. The minimum atomic E-state index is -0.167. The van der Waals surface area contributed by atoms with E-state index in [-0.39, 0.29) is 17.0 Å². The quantitative estimate of drug-likeness (QED) is 0.795. The van der Waals surface area contributed by atoms with Crippen LogP contribution < -0.4 is 5.32 Å². The fourth-order valence-corrected chi connectivity index (χ4v) is 1.95. The van der Waals surface area contributed by atoms with Gasteiger partial charge in [-0.3, -0.25) is 4.79 Å². The van der Waals surface area contributed by atoms with Gasteiger partial charge in [0.15, 0.2) is 0 Å². The molecule has 0 fully saturated rings. The van der Waals surface area contributed by atoms with Crippen LogP contribution in [0.25, 0.3) is 0 Å². The Morgan fingerprint density at radius 3 is 2.47 bits per heavy atom. The monoisotopic (exact) mass is 255 g/mol. The molecular formula is C13H18ClNO2. The van der Waals surface area contributed by atoms with Gasteiger partial charge in [0.1, 0.15) is 5.75 Å². The van der Waals surface area contributed by atoms with Crippen LogP contribution in [0.5, 0.6) is 5.75 Å². The van der Waals surface area contributed by atoms with E-state index in [9.17, 15) is 4.79 Å². The van der Waals surface area contributed by atoms with Crippen LogP contribution in [-0.2, 0) is 0 Å². The van der Waals surface area contributed by atoms with E-state index in [0.717, 1.165) is 6.42 Å². The number of aromatic hydroxyl groups is 1. The molecule has 1 unspecified atom stereocenters. The number of halogens is 1. The second-order valence-corrected chi connectivity index (χ2v) is 5.10. The molecule has 0 aliphatic carbocycles. The van der Waals surface area contributed by atoms with Gasteiger partial charge < -0.3 is 10.4 Å². The van der Waals surface area contributed by atoms with Gasteiger partial charge in [-0.1, -0.05) is 13.8 Å². The van der Waals surface area contributed by atoms with Gasteiger partial charge in [-0.05, 0) is 36.6 Å². The van der Waals surface area contributed by atoms with Gasteiger partial charge in [-0.2, -0.15) is 0 Å². The molecule has 1 amide bonds. The lowest BCUT2D eigenvalue weighted by Gasteiger charge is -2.12. The summed E-state index contributed by atoms with van der Waals surface area (Å²) in [6.07, 6.45) is 0.872. The van der Waals surface area contributed by atoms with E-state index in [0.29, 0.717) is 18.0 Å². The molecule has 3 nitrogen and oxygen atoms in total. The minimum absolute atomic E-state index is 0.0453. The van der Waals surface area contributed by atoms with Crippen LogP contribution >= 0.6 is 11.6 Å². The van der Waals surface area contributed by atoms with Crippen molar-refractivity contribution in [2.45, 2.75) is 25.6 Å². The van der Waals surface area contributed by atoms with Gasteiger partial charge in [0.2, 0.25) is 0 Å². The lowest BCUT2D eigenvalue weighted by atomic mass is 10.1. The maximum absolute atomic E-state index is 11.7. The number of phenols is 1. The fourth-order valence-electron chi connectivity index (χ4n) is 1.51. The first-order valence-electron chi connectivity index (χ1n) is 5.70. The highest BCUT2D eigenvalue weighted by Gasteiger charge is 2.10. The van der Waals surface area contributed by atoms with Crippen molar-refractivity contribution < 1.29 is 9.90 Å². The smallest absolute Gasteiger partial charge is 0.251 e. The number of carbonyl (C=O) groups is 1. The molecule has 0 saturated heterocycles. The molecule has 4 heteroatoms. The van der Waals surface area contributed by atoms with Gasteiger partial charge in [-0.15, -0.1) is 11.6 Å². The molecule has 0 aliphatic rings. The van der Waals surface area contributed by atoms with Crippen LogP contribution in [0.15, 0.2) is 24.3 Å². The summed E-state index contributed by atoms with van der Waals surface area (Å²) in [5, 5.41) is 11.8. The van der Waals surface area contributed by atoms with Gasteiger partial charge in [0, 0.05) is 12.1 Å². The topological polar surface area (TPSA) is 49.3 Å². The van der Waals surface area contributed by atoms with Crippen LogP contribution in [0.2, 0.25) is 0 Å². The molecule has 0 radical (unpaired) electrons. The lowest BCUT2D eigenvalue weighted by molar-refractivity contribution is 0.0953. The highest BCUT2D eigenvalue weighted by molar-refractivity contribution is 6.20. The number of nitrogens with one attached hydrogen (secondary N) is 1. The summed E-state index contributed by atoms with van der Waals surface area (Å²) in [6, 6.07) is 6.13. The zero-order valence-electron chi connectivity index (χ0n) is 10.1. The molecule has 1 atom stereocenters. The van der Waals surface area contributed by atoms with Crippen LogP contribution in [0.4, 0.5) is 0 Å². The molecule has 17 heavy (non-hydrogen) atoms. The van der Waals surface area contributed by atoms with Crippen molar-refractivity contribution in [2.75, 3.05) is 6.54 Å². The first-order chi connectivity index (χ1) is 7.99. The lowest BCUT2D eigenvalue weighted by Crippen LogP contribution is -2.30. The number of rotatable bonds is 5. The van der Waals surface area contributed by atoms with E-state index < -0.39 is 0 Å². The number of hydrogen-bond donors (Lipinski definition) is 2. The minimum Gasteiger partial charge on any atom is -0.508 e. The van der Waals surface area contributed by atoms with Crippen molar-refractivity contribution in [3.05, 3.63) is 29.8 Å². The number of hydrogen-bond acceptors (Lipinski definition) is 2. The van der Waals surface area contributed by atoms with Crippen LogP contribution in [0, 0.1) is 5.92 Å². The Morgan fingerprint density at radius 1 is 1.35 bits per heavy atom. The van der Waals surface area contributed by atoms with E-state index in [1.165, 1.54) is 12.1 Å². The second kappa shape index (κ2) is 6.50.